The lowest BCUT2D eigenvalue weighted by atomic mass is 10.0. The highest BCUT2D eigenvalue weighted by Gasteiger charge is 2.19. The first-order valence-corrected chi connectivity index (χ1v) is 33.3. The highest BCUT2D eigenvalue weighted by Crippen LogP contribution is 2.15. The van der Waals surface area contributed by atoms with E-state index >= 15 is 0 Å². The van der Waals surface area contributed by atoms with E-state index in [2.05, 4.69) is 167 Å². The van der Waals surface area contributed by atoms with Gasteiger partial charge in [-0.1, -0.05) is 289 Å². The minimum Gasteiger partial charge on any atom is -0.462 e. The summed E-state index contributed by atoms with van der Waals surface area (Å²) in [5, 5.41) is 0. The van der Waals surface area contributed by atoms with Gasteiger partial charge >= 0.3 is 17.9 Å². The van der Waals surface area contributed by atoms with E-state index in [9.17, 15) is 14.4 Å². The maximum absolute atomic E-state index is 12.9. The largest absolute Gasteiger partial charge is 0.462 e. The van der Waals surface area contributed by atoms with E-state index in [1.54, 1.807) is 0 Å². The van der Waals surface area contributed by atoms with Crippen LogP contribution in [0.5, 0.6) is 0 Å². The van der Waals surface area contributed by atoms with Crippen molar-refractivity contribution in [3.63, 3.8) is 0 Å². The Kier molecular flexibility index (Phi) is 63.9. The van der Waals surface area contributed by atoms with Crippen LogP contribution in [0.1, 0.15) is 290 Å². The molecule has 458 valence electrons. The summed E-state index contributed by atoms with van der Waals surface area (Å²) < 4.78 is 16.8. The Morgan fingerprint density at radius 1 is 0.259 bits per heavy atom. The molecule has 0 radical (unpaired) electrons. The Morgan fingerprint density at radius 3 is 0.778 bits per heavy atom. The first-order chi connectivity index (χ1) is 40.0. The molecule has 0 rings (SSSR count). The van der Waals surface area contributed by atoms with Crippen LogP contribution in [0.15, 0.2) is 146 Å². The number of rotatable bonds is 59. The summed E-state index contributed by atoms with van der Waals surface area (Å²) in [6, 6.07) is 0. The molecule has 0 fully saturated rings. The van der Waals surface area contributed by atoms with Gasteiger partial charge in [0, 0.05) is 19.3 Å². The zero-order chi connectivity index (χ0) is 58.5. The van der Waals surface area contributed by atoms with Gasteiger partial charge in [-0.3, -0.25) is 14.4 Å². The molecule has 0 aliphatic rings. The molecule has 1 unspecified atom stereocenters. The standard InChI is InChI=1S/C75H122O6/c1-4-7-10-13-16-18-20-22-24-26-28-30-32-33-34-35-36-37-38-39-40-41-43-44-46-48-50-52-54-56-59-62-65-68-74(77)80-71-72(70-79-73(76)67-64-61-58-15-12-9-6-3)81-75(78)69-66-63-60-57-55-53-51-49-47-45-42-31-29-27-25-23-21-19-17-14-11-8-5-2/h7,10,16,18,21-24,27-30,33-34,36-37,39-40,43-44,48,50,54,56,72H,4-6,8-9,11-15,17,19-20,25-26,31-32,35,38,41-42,45-47,49,51-53,55,57-71H2,1-3H3/b10-7-,18-16-,23-21-,24-22-,29-27-,30-28-,34-33-,37-36-,40-39-,44-43-,50-48-,56-54-. The van der Waals surface area contributed by atoms with Crippen LogP contribution >= 0.6 is 0 Å². The van der Waals surface area contributed by atoms with Crippen LogP contribution in [0, 0.1) is 0 Å². The van der Waals surface area contributed by atoms with Gasteiger partial charge in [0.05, 0.1) is 0 Å². The average Bonchev–Trinajstić information content (AvgIpc) is 3.47. The number of carbonyl (C=O) groups excluding carboxylic acids is 3. The second kappa shape index (κ2) is 67.8. The zero-order valence-electron chi connectivity index (χ0n) is 52.5. The topological polar surface area (TPSA) is 78.9 Å². The molecule has 6 heteroatoms. The molecule has 0 spiro atoms. The molecule has 6 nitrogen and oxygen atoms in total. The second-order valence-corrected chi connectivity index (χ2v) is 21.6. The summed E-state index contributed by atoms with van der Waals surface area (Å²) in [6.45, 7) is 6.44. The van der Waals surface area contributed by atoms with Gasteiger partial charge in [0.1, 0.15) is 13.2 Å². The maximum atomic E-state index is 12.9. The third-order valence-corrected chi connectivity index (χ3v) is 13.8. The fourth-order valence-corrected chi connectivity index (χ4v) is 8.85. The summed E-state index contributed by atoms with van der Waals surface area (Å²) in [6.07, 6.45) is 97.4. The first kappa shape index (κ1) is 76.3. The summed E-state index contributed by atoms with van der Waals surface area (Å²) in [5.74, 6) is -0.949. The first-order valence-electron chi connectivity index (χ1n) is 33.3. The van der Waals surface area contributed by atoms with Crippen LogP contribution in [0.3, 0.4) is 0 Å². The molecular formula is C75H122O6. The van der Waals surface area contributed by atoms with Crippen LogP contribution in [0.4, 0.5) is 0 Å². The molecule has 0 heterocycles. The molecule has 0 aromatic rings. The molecule has 0 aliphatic heterocycles. The molecule has 0 bridgehead atoms. The third-order valence-electron chi connectivity index (χ3n) is 13.8. The van der Waals surface area contributed by atoms with Crippen molar-refractivity contribution in [3.05, 3.63) is 146 Å². The van der Waals surface area contributed by atoms with E-state index in [1.807, 2.05) is 0 Å². The van der Waals surface area contributed by atoms with Crippen molar-refractivity contribution in [2.24, 2.45) is 0 Å². The van der Waals surface area contributed by atoms with Gasteiger partial charge in [0.25, 0.3) is 0 Å². The summed E-state index contributed by atoms with van der Waals surface area (Å²) in [4.78, 5) is 38.1. The average molecular weight is 1120 g/mol. The van der Waals surface area contributed by atoms with E-state index < -0.39 is 6.10 Å². The predicted molar refractivity (Wildman–Crippen MR) is 352 cm³/mol. The molecule has 0 amide bonds. The zero-order valence-corrected chi connectivity index (χ0v) is 52.5. The smallest absolute Gasteiger partial charge is 0.306 e. The SMILES string of the molecule is CC/C=C\C/C=C\C/C=C\C/C=C\C/C=C\C/C=C\C/C=C\C/C=C\C/C=C\C/C=C\CCCCC(=O)OCC(COC(=O)CCCCCCCCC)OC(=O)CCCCCCCCCCCCC/C=C\C/C=C\CCCCCCC. The monoisotopic (exact) mass is 1120 g/mol. The predicted octanol–water partition coefficient (Wildman–Crippen LogP) is 23.1. The Bertz CT molecular complexity index is 1760. The highest BCUT2D eigenvalue weighted by molar-refractivity contribution is 5.71. The van der Waals surface area contributed by atoms with E-state index in [-0.39, 0.29) is 31.1 Å². The Labute approximate surface area is 499 Å². The van der Waals surface area contributed by atoms with Gasteiger partial charge in [-0.15, -0.1) is 0 Å². The van der Waals surface area contributed by atoms with Crippen molar-refractivity contribution in [2.45, 2.75) is 297 Å². The van der Waals surface area contributed by atoms with Crippen molar-refractivity contribution >= 4 is 17.9 Å². The quantitative estimate of drug-likeness (QED) is 0.0261. The van der Waals surface area contributed by atoms with Crippen LogP contribution in [0.2, 0.25) is 0 Å². The van der Waals surface area contributed by atoms with E-state index in [0.717, 1.165) is 122 Å². The van der Waals surface area contributed by atoms with Gasteiger partial charge in [0.15, 0.2) is 6.10 Å². The van der Waals surface area contributed by atoms with Crippen molar-refractivity contribution in [1.29, 1.82) is 0 Å². The molecule has 0 aromatic carbocycles. The van der Waals surface area contributed by atoms with Crippen molar-refractivity contribution in [2.75, 3.05) is 13.2 Å². The summed E-state index contributed by atoms with van der Waals surface area (Å²) in [5.41, 5.74) is 0. The van der Waals surface area contributed by atoms with Gasteiger partial charge in [-0.2, -0.15) is 0 Å². The number of ether oxygens (including phenoxy) is 3. The fourth-order valence-electron chi connectivity index (χ4n) is 8.85. The molecule has 0 aliphatic carbocycles. The van der Waals surface area contributed by atoms with Gasteiger partial charge in [0.2, 0.25) is 0 Å². The Morgan fingerprint density at radius 2 is 0.481 bits per heavy atom. The van der Waals surface area contributed by atoms with Crippen molar-refractivity contribution < 1.29 is 28.6 Å². The fraction of sp³-hybridized carbons (Fsp3) is 0.640. The number of carbonyl (C=O) groups is 3. The third kappa shape index (κ3) is 66.0. The Hall–Kier alpha value is -4.71. The lowest BCUT2D eigenvalue weighted by Gasteiger charge is -2.18. The Balaban J connectivity index is 4.24. The molecule has 81 heavy (non-hydrogen) atoms. The molecule has 0 N–H and O–H groups in total. The lowest BCUT2D eigenvalue weighted by molar-refractivity contribution is -0.167. The molecule has 0 saturated heterocycles. The van der Waals surface area contributed by atoms with Crippen LogP contribution in [-0.4, -0.2) is 37.2 Å². The number of unbranched alkanes of at least 4 members (excludes halogenated alkanes) is 24. The van der Waals surface area contributed by atoms with E-state index in [1.165, 1.54) is 122 Å². The highest BCUT2D eigenvalue weighted by atomic mass is 16.6. The van der Waals surface area contributed by atoms with Gasteiger partial charge < -0.3 is 14.2 Å². The number of hydrogen-bond acceptors (Lipinski definition) is 6. The van der Waals surface area contributed by atoms with Crippen LogP contribution in [0.25, 0.3) is 0 Å². The minimum absolute atomic E-state index is 0.0954. The molecule has 1 atom stereocenters. The van der Waals surface area contributed by atoms with Crippen molar-refractivity contribution in [3.8, 4) is 0 Å². The van der Waals surface area contributed by atoms with Crippen LogP contribution < -0.4 is 0 Å². The second-order valence-electron chi connectivity index (χ2n) is 21.6. The van der Waals surface area contributed by atoms with Crippen molar-refractivity contribution in [1.82, 2.24) is 0 Å². The lowest BCUT2D eigenvalue weighted by Crippen LogP contribution is -2.30. The maximum Gasteiger partial charge on any atom is 0.306 e. The van der Waals surface area contributed by atoms with Gasteiger partial charge in [-0.05, 0) is 128 Å². The normalized spacial score (nSPS) is 13.1. The summed E-state index contributed by atoms with van der Waals surface area (Å²) in [7, 11) is 0. The number of hydrogen-bond donors (Lipinski definition) is 0. The van der Waals surface area contributed by atoms with Gasteiger partial charge in [-0.25, -0.2) is 0 Å². The summed E-state index contributed by atoms with van der Waals surface area (Å²) >= 11 is 0. The van der Waals surface area contributed by atoms with Crippen LogP contribution in [-0.2, 0) is 28.6 Å². The molecule has 0 saturated carbocycles. The van der Waals surface area contributed by atoms with E-state index in [4.69, 9.17) is 14.2 Å². The van der Waals surface area contributed by atoms with E-state index in [0.29, 0.717) is 25.7 Å². The number of allylic oxidation sites excluding steroid dienone is 24. The minimum atomic E-state index is -0.800. The number of esters is 3. The molecular weight excluding hydrogens is 997 g/mol. The molecule has 0 aromatic heterocycles.